The molecule has 0 aliphatic rings. The van der Waals surface area contributed by atoms with E-state index in [1.807, 2.05) is 0 Å². The Bertz CT molecular complexity index is 721. The maximum Gasteiger partial charge on any atom is 0.306 e. The summed E-state index contributed by atoms with van der Waals surface area (Å²) in [6, 6.07) is 0. The van der Waals surface area contributed by atoms with Crippen molar-refractivity contribution in [2.45, 2.75) is 33.0 Å². The molecule has 0 fully saturated rings. The Balaban J connectivity index is 2.08. The highest BCUT2D eigenvalue weighted by atomic mass is 16.6. The van der Waals surface area contributed by atoms with Gasteiger partial charge in [-0.3, -0.25) is 24.2 Å². The molecule has 2 rings (SSSR count). The standard InChI is InChI=1S/C12H15N5O4/c1-8-9(2)13-7-15(12(8)19)5-11(18)6-16-4-10(3-14-16)17(20)21/h3-4,7,11,18H,5-6H2,1-2H3/t11-/m1/s1. The van der Waals surface area contributed by atoms with Crippen molar-refractivity contribution >= 4 is 5.69 Å². The predicted octanol–water partition coefficient (Wildman–Crippen LogP) is 0.0259. The van der Waals surface area contributed by atoms with Crippen LogP contribution in [0.5, 0.6) is 0 Å². The minimum Gasteiger partial charge on any atom is -0.389 e. The summed E-state index contributed by atoms with van der Waals surface area (Å²) in [5.74, 6) is 0. The van der Waals surface area contributed by atoms with E-state index in [1.54, 1.807) is 13.8 Å². The third kappa shape index (κ3) is 3.31. The Hall–Kier alpha value is -2.55. The van der Waals surface area contributed by atoms with E-state index < -0.39 is 11.0 Å². The van der Waals surface area contributed by atoms with Gasteiger partial charge in [0.2, 0.25) is 0 Å². The molecule has 9 heteroatoms. The van der Waals surface area contributed by atoms with E-state index in [-0.39, 0.29) is 24.3 Å². The van der Waals surface area contributed by atoms with Crippen LogP contribution in [0.25, 0.3) is 0 Å². The Morgan fingerprint density at radius 3 is 2.76 bits per heavy atom. The molecule has 0 saturated carbocycles. The first kappa shape index (κ1) is 14.9. The van der Waals surface area contributed by atoms with Crippen LogP contribution in [0.2, 0.25) is 0 Å². The third-order valence-electron chi connectivity index (χ3n) is 3.15. The zero-order valence-corrected chi connectivity index (χ0v) is 11.6. The first-order valence-corrected chi connectivity index (χ1v) is 6.26. The molecule has 2 aromatic heterocycles. The quantitative estimate of drug-likeness (QED) is 0.614. The lowest BCUT2D eigenvalue weighted by atomic mass is 10.2. The number of rotatable bonds is 5. The van der Waals surface area contributed by atoms with Gasteiger partial charge in [-0.15, -0.1) is 0 Å². The number of hydrogen-bond donors (Lipinski definition) is 1. The fraction of sp³-hybridized carbons (Fsp3) is 0.417. The second kappa shape index (κ2) is 5.83. The van der Waals surface area contributed by atoms with Crippen LogP contribution in [0.1, 0.15) is 11.3 Å². The average Bonchev–Trinajstić information content (AvgIpc) is 2.88. The molecule has 112 valence electrons. The monoisotopic (exact) mass is 293 g/mol. The Kier molecular flexibility index (Phi) is 4.13. The molecule has 2 aromatic rings. The van der Waals surface area contributed by atoms with Crippen molar-refractivity contribution in [1.29, 1.82) is 0 Å². The molecule has 0 amide bonds. The number of aryl methyl sites for hydroxylation is 1. The molecule has 2 heterocycles. The van der Waals surface area contributed by atoms with Crippen LogP contribution >= 0.6 is 0 Å². The highest BCUT2D eigenvalue weighted by molar-refractivity contribution is 5.20. The van der Waals surface area contributed by atoms with E-state index in [1.165, 1.54) is 21.8 Å². The van der Waals surface area contributed by atoms with Crippen molar-refractivity contribution in [2.24, 2.45) is 0 Å². The van der Waals surface area contributed by atoms with Crippen molar-refractivity contribution < 1.29 is 10.0 Å². The van der Waals surface area contributed by atoms with Crippen molar-refractivity contribution in [1.82, 2.24) is 19.3 Å². The lowest BCUT2D eigenvalue weighted by molar-refractivity contribution is -0.385. The van der Waals surface area contributed by atoms with Crippen LogP contribution in [0.15, 0.2) is 23.5 Å². The summed E-state index contributed by atoms with van der Waals surface area (Å²) in [6.45, 7) is 3.50. The van der Waals surface area contributed by atoms with Gasteiger partial charge >= 0.3 is 5.69 Å². The van der Waals surface area contributed by atoms with Gasteiger partial charge in [0, 0.05) is 11.3 Å². The minimum atomic E-state index is -0.911. The number of aromatic nitrogens is 4. The lowest BCUT2D eigenvalue weighted by Gasteiger charge is -2.13. The number of hydrogen-bond acceptors (Lipinski definition) is 6. The molecule has 1 N–H and O–H groups in total. The van der Waals surface area contributed by atoms with Gasteiger partial charge in [0.05, 0.1) is 30.4 Å². The number of aliphatic hydroxyl groups excluding tert-OH is 1. The van der Waals surface area contributed by atoms with Crippen LogP contribution in [-0.4, -0.2) is 35.5 Å². The molecule has 0 unspecified atom stereocenters. The molecular weight excluding hydrogens is 278 g/mol. The fourth-order valence-electron chi connectivity index (χ4n) is 1.85. The molecule has 0 spiro atoms. The van der Waals surface area contributed by atoms with Gasteiger partial charge in [-0.05, 0) is 13.8 Å². The molecular formula is C12H15N5O4. The largest absolute Gasteiger partial charge is 0.389 e. The van der Waals surface area contributed by atoms with E-state index in [0.29, 0.717) is 11.3 Å². The highest BCUT2D eigenvalue weighted by Crippen LogP contribution is 2.08. The zero-order chi connectivity index (χ0) is 15.6. The second-order valence-electron chi connectivity index (χ2n) is 4.74. The molecule has 0 bridgehead atoms. The van der Waals surface area contributed by atoms with E-state index in [0.717, 1.165) is 6.20 Å². The van der Waals surface area contributed by atoms with E-state index in [2.05, 4.69) is 10.1 Å². The van der Waals surface area contributed by atoms with Crippen molar-refractivity contribution in [3.8, 4) is 0 Å². The summed E-state index contributed by atoms with van der Waals surface area (Å²) in [7, 11) is 0. The SMILES string of the molecule is Cc1ncn(C[C@@H](O)Cn2cc([N+](=O)[O-])cn2)c(=O)c1C. The maximum atomic E-state index is 12.0. The lowest BCUT2D eigenvalue weighted by Crippen LogP contribution is -2.31. The van der Waals surface area contributed by atoms with Gasteiger partial charge in [-0.1, -0.05) is 0 Å². The molecule has 21 heavy (non-hydrogen) atoms. The van der Waals surface area contributed by atoms with E-state index >= 15 is 0 Å². The van der Waals surface area contributed by atoms with Crippen molar-refractivity contribution in [2.75, 3.05) is 0 Å². The predicted molar refractivity (Wildman–Crippen MR) is 72.9 cm³/mol. The summed E-state index contributed by atoms with van der Waals surface area (Å²) in [4.78, 5) is 26.0. The summed E-state index contributed by atoms with van der Waals surface area (Å²) in [5.41, 5.74) is 0.813. The van der Waals surface area contributed by atoms with Crippen LogP contribution in [0.3, 0.4) is 0 Å². The number of nitrogens with zero attached hydrogens (tertiary/aromatic N) is 5. The van der Waals surface area contributed by atoms with E-state index in [9.17, 15) is 20.0 Å². The van der Waals surface area contributed by atoms with Gasteiger partial charge in [0.25, 0.3) is 5.56 Å². The van der Waals surface area contributed by atoms with Crippen molar-refractivity contribution in [3.05, 3.63) is 50.4 Å². The summed E-state index contributed by atoms with van der Waals surface area (Å²) < 4.78 is 2.58. The van der Waals surface area contributed by atoms with Gasteiger partial charge in [-0.25, -0.2) is 4.98 Å². The zero-order valence-electron chi connectivity index (χ0n) is 11.6. The normalized spacial score (nSPS) is 12.3. The summed E-state index contributed by atoms with van der Waals surface area (Å²) in [6.07, 6.45) is 2.80. The molecule has 1 atom stereocenters. The van der Waals surface area contributed by atoms with Gasteiger partial charge in [0.1, 0.15) is 12.4 Å². The van der Waals surface area contributed by atoms with E-state index in [4.69, 9.17) is 0 Å². The molecule has 9 nitrogen and oxygen atoms in total. The molecule has 0 aromatic carbocycles. The third-order valence-corrected chi connectivity index (χ3v) is 3.15. The Labute approximate surface area is 119 Å². The first-order valence-electron chi connectivity index (χ1n) is 6.26. The topological polar surface area (TPSA) is 116 Å². The smallest absolute Gasteiger partial charge is 0.306 e. The molecule has 0 radical (unpaired) electrons. The summed E-state index contributed by atoms with van der Waals surface area (Å²) in [5, 5.41) is 24.3. The second-order valence-corrected chi connectivity index (χ2v) is 4.74. The van der Waals surface area contributed by atoms with Gasteiger partial charge < -0.3 is 5.11 Å². The number of aliphatic hydroxyl groups is 1. The average molecular weight is 293 g/mol. The van der Waals surface area contributed by atoms with Gasteiger partial charge in [-0.2, -0.15) is 5.10 Å². The first-order chi connectivity index (χ1) is 9.88. The van der Waals surface area contributed by atoms with Gasteiger partial charge in [0.15, 0.2) is 0 Å². The van der Waals surface area contributed by atoms with Crippen LogP contribution in [-0.2, 0) is 13.1 Å². The minimum absolute atomic E-state index is 0.0423. The summed E-state index contributed by atoms with van der Waals surface area (Å²) >= 11 is 0. The van der Waals surface area contributed by atoms with Crippen LogP contribution < -0.4 is 5.56 Å². The van der Waals surface area contributed by atoms with Crippen LogP contribution in [0.4, 0.5) is 5.69 Å². The molecule has 0 aliphatic heterocycles. The molecule has 0 aliphatic carbocycles. The van der Waals surface area contributed by atoms with Crippen LogP contribution in [0, 0.1) is 24.0 Å². The Morgan fingerprint density at radius 1 is 1.43 bits per heavy atom. The molecule has 0 saturated heterocycles. The Morgan fingerprint density at radius 2 is 2.14 bits per heavy atom. The maximum absolute atomic E-state index is 12.0. The fourth-order valence-corrected chi connectivity index (χ4v) is 1.85. The van der Waals surface area contributed by atoms with Crippen molar-refractivity contribution in [3.63, 3.8) is 0 Å². The number of nitro groups is 1. The highest BCUT2D eigenvalue weighted by Gasteiger charge is 2.13.